The molecule has 138 valence electrons. The van der Waals surface area contributed by atoms with Gasteiger partial charge in [-0.25, -0.2) is 18.2 Å². The lowest BCUT2D eigenvalue weighted by atomic mass is 10.2. The average Bonchev–Trinajstić information content (AvgIpc) is 2.56. The molecule has 1 N–H and O–H groups in total. The fourth-order valence-electron chi connectivity index (χ4n) is 1.99. The Morgan fingerprint density at radius 3 is 2.58 bits per heavy atom. The van der Waals surface area contributed by atoms with Crippen LogP contribution in [0.5, 0.6) is 0 Å². The van der Waals surface area contributed by atoms with Crippen molar-refractivity contribution >= 4 is 51.0 Å². The monoisotopic (exact) mass is 417 g/mol. The minimum absolute atomic E-state index is 0.00208. The van der Waals surface area contributed by atoms with Gasteiger partial charge in [0.1, 0.15) is 12.4 Å². The molecule has 2 rings (SSSR count). The minimum atomic E-state index is -3.82. The number of carbonyl (C=O) groups is 1. The first-order valence-corrected chi connectivity index (χ1v) is 9.78. The Morgan fingerprint density at radius 1 is 1.23 bits per heavy atom. The number of halogens is 3. The van der Waals surface area contributed by atoms with Crippen molar-refractivity contribution in [3.05, 3.63) is 63.9 Å². The summed E-state index contributed by atoms with van der Waals surface area (Å²) in [6.07, 6.45) is 2.05. The van der Waals surface area contributed by atoms with E-state index in [9.17, 15) is 17.6 Å². The number of hydrazone groups is 1. The number of nitrogens with zero attached hydrogens (tertiary/aromatic N) is 2. The van der Waals surface area contributed by atoms with Crippen LogP contribution in [0.1, 0.15) is 5.56 Å². The van der Waals surface area contributed by atoms with Gasteiger partial charge >= 0.3 is 0 Å². The number of rotatable bonds is 6. The van der Waals surface area contributed by atoms with Crippen LogP contribution in [0.2, 0.25) is 10.0 Å². The number of hydrogen-bond donors (Lipinski definition) is 1. The molecule has 0 radical (unpaired) electrons. The standard InChI is InChI=1S/C16H14Cl2FN3O3S/c1-26(24,25)22(14-8-4-6-12(17)16(14)18)10-15(23)21-20-9-11-5-2-3-7-13(11)19/h2-9H,10H2,1H3,(H,21,23)/b20-9-. The Morgan fingerprint density at radius 2 is 1.92 bits per heavy atom. The Labute approximate surface area is 160 Å². The number of amides is 1. The zero-order valence-electron chi connectivity index (χ0n) is 13.5. The number of anilines is 1. The van der Waals surface area contributed by atoms with Crippen molar-refractivity contribution in [2.75, 3.05) is 17.1 Å². The van der Waals surface area contributed by atoms with Gasteiger partial charge in [-0.05, 0) is 18.2 Å². The van der Waals surface area contributed by atoms with E-state index in [1.807, 2.05) is 0 Å². The highest BCUT2D eigenvalue weighted by atomic mass is 35.5. The topological polar surface area (TPSA) is 78.8 Å². The second kappa shape index (κ2) is 8.48. The molecule has 2 aromatic rings. The minimum Gasteiger partial charge on any atom is -0.271 e. The first-order valence-electron chi connectivity index (χ1n) is 7.18. The lowest BCUT2D eigenvalue weighted by Crippen LogP contribution is -2.39. The van der Waals surface area contributed by atoms with E-state index in [4.69, 9.17) is 23.2 Å². The molecule has 26 heavy (non-hydrogen) atoms. The number of hydrogen-bond acceptors (Lipinski definition) is 4. The Bertz CT molecular complexity index is 952. The van der Waals surface area contributed by atoms with Crippen LogP contribution in [0, 0.1) is 5.82 Å². The van der Waals surface area contributed by atoms with Crippen molar-refractivity contribution in [2.24, 2.45) is 5.10 Å². The van der Waals surface area contributed by atoms with E-state index in [1.54, 1.807) is 6.07 Å². The molecular formula is C16H14Cl2FN3O3S. The Hall–Kier alpha value is -2.16. The first kappa shape index (κ1) is 20.2. The molecule has 0 saturated carbocycles. The largest absolute Gasteiger partial charge is 0.271 e. The third kappa shape index (κ3) is 5.17. The quantitative estimate of drug-likeness (QED) is 0.579. The van der Waals surface area contributed by atoms with Gasteiger partial charge in [0.15, 0.2) is 0 Å². The second-order valence-electron chi connectivity index (χ2n) is 5.16. The van der Waals surface area contributed by atoms with Crippen molar-refractivity contribution in [1.29, 1.82) is 0 Å². The molecule has 0 spiro atoms. The van der Waals surface area contributed by atoms with Crippen LogP contribution in [-0.4, -0.2) is 33.3 Å². The van der Waals surface area contributed by atoms with Crippen molar-refractivity contribution < 1.29 is 17.6 Å². The van der Waals surface area contributed by atoms with Crippen LogP contribution < -0.4 is 9.73 Å². The Balaban J connectivity index is 2.15. The lowest BCUT2D eigenvalue weighted by Gasteiger charge is -2.22. The third-order valence-corrected chi connectivity index (χ3v) is 5.12. The van der Waals surface area contributed by atoms with Gasteiger partial charge in [-0.15, -0.1) is 0 Å². The van der Waals surface area contributed by atoms with E-state index in [2.05, 4.69) is 10.5 Å². The normalized spacial score (nSPS) is 11.5. The van der Waals surface area contributed by atoms with Gasteiger partial charge in [-0.3, -0.25) is 9.10 Å². The summed E-state index contributed by atoms with van der Waals surface area (Å²) >= 11 is 11.9. The summed E-state index contributed by atoms with van der Waals surface area (Å²) in [5, 5.41) is 3.78. The molecule has 0 aliphatic rings. The number of nitrogens with one attached hydrogen (secondary N) is 1. The molecule has 10 heteroatoms. The maximum absolute atomic E-state index is 13.5. The summed E-state index contributed by atoms with van der Waals surface area (Å²) in [5.74, 6) is -1.24. The van der Waals surface area contributed by atoms with Crippen LogP contribution in [0.15, 0.2) is 47.6 Å². The van der Waals surface area contributed by atoms with Gasteiger partial charge in [-0.1, -0.05) is 47.5 Å². The van der Waals surface area contributed by atoms with Gasteiger partial charge in [0.25, 0.3) is 5.91 Å². The van der Waals surface area contributed by atoms with E-state index in [-0.39, 0.29) is 21.3 Å². The van der Waals surface area contributed by atoms with Crippen LogP contribution >= 0.6 is 23.2 Å². The summed E-state index contributed by atoms with van der Waals surface area (Å²) in [7, 11) is -3.82. The molecule has 0 bridgehead atoms. The zero-order valence-corrected chi connectivity index (χ0v) is 15.8. The number of benzene rings is 2. The smallest absolute Gasteiger partial charge is 0.260 e. The SMILES string of the molecule is CS(=O)(=O)N(CC(=O)N/N=C\c1ccccc1F)c1cccc(Cl)c1Cl. The maximum Gasteiger partial charge on any atom is 0.260 e. The summed E-state index contributed by atoms with van der Waals surface area (Å²) in [6, 6.07) is 10.3. The molecule has 6 nitrogen and oxygen atoms in total. The van der Waals surface area contributed by atoms with E-state index in [1.165, 1.54) is 36.4 Å². The summed E-state index contributed by atoms with van der Waals surface area (Å²) < 4.78 is 38.3. The first-order chi connectivity index (χ1) is 12.2. The van der Waals surface area contributed by atoms with E-state index < -0.39 is 28.3 Å². The highest BCUT2D eigenvalue weighted by Crippen LogP contribution is 2.33. The highest BCUT2D eigenvalue weighted by Gasteiger charge is 2.23. The zero-order chi connectivity index (χ0) is 19.3. The van der Waals surface area contributed by atoms with Gasteiger partial charge in [0.2, 0.25) is 10.0 Å². The van der Waals surface area contributed by atoms with Crippen LogP contribution in [-0.2, 0) is 14.8 Å². The van der Waals surface area contributed by atoms with Gasteiger partial charge in [0, 0.05) is 5.56 Å². The van der Waals surface area contributed by atoms with Gasteiger partial charge < -0.3 is 0 Å². The number of sulfonamides is 1. The molecule has 0 unspecified atom stereocenters. The van der Waals surface area contributed by atoms with E-state index in [0.29, 0.717) is 0 Å². The molecule has 0 saturated heterocycles. The third-order valence-electron chi connectivity index (χ3n) is 3.19. The summed E-state index contributed by atoms with van der Waals surface area (Å²) in [6.45, 7) is -0.576. The molecule has 0 aliphatic heterocycles. The molecular weight excluding hydrogens is 404 g/mol. The molecule has 2 aromatic carbocycles. The molecule has 0 aromatic heterocycles. The number of carbonyl (C=O) groups excluding carboxylic acids is 1. The van der Waals surface area contributed by atoms with Gasteiger partial charge in [0.05, 0.1) is 28.2 Å². The molecule has 0 fully saturated rings. The van der Waals surface area contributed by atoms with Crippen LogP contribution in [0.3, 0.4) is 0 Å². The van der Waals surface area contributed by atoms with Crippen molar-refractivity contribution in [3.63, 3.8) is 0 Å². The Kier molecular flexibility index (Phi) is 6.57. The molecule has 0 aliphatic carbocycles. The predicted octanol–water partition coefficient (Wildman–Crippen LogP) is 3.05. The van der Waals surface area contributed by atoms with Crippen molar-refractivity contribution in [1.82, 2.24) is 5.43 Å². The average molecular weight is 418 g/mol. The lowest BCUT2D eigenvalue weighted by molar-refractivity contribution is -0.119. The maximum atomic E-state index is 13.5. The van der Waals surface area contributed by atoms with Crippen molar-refractivity contribution in [2.45, 2.75) is 0 Å². The molecule has 1 amide bonds. The highest BCUT2D eigenvalue weighted by molar-refractivity contribution is 7.92. The van der Waals surface area contributed by atoms with E-state index in [0.717, 1.165) is 16.8 Å². The molecule has 0 heterocycles. The van der Waals surface area contributed by atoms with Crippen LogP contribution in [0.4, 0.5) is 10.1 Å². The second-order valence-corrected chi connectivity index (χ2v) is 7.85. The fourth-order valence-corrected chi connectivity index (χ4v) is 3.29. The van der Waals surface area contributed by atoms with Gasteiger partial charge in [-0.2, -0.15) is 5.10 Å². The summed E-state index contributed by atoms with van der Waals surface area (Å²) in [4.78, 5) is 12.0. The molecule has 0 atom stereocenters. The predicted molar refractivity (Wildman–Crippen MR) is 101 cm³/mol. The van der Waals surface area contributed by atoms with Crippen LogP contribution in [0.25, 0.3) is 0 Å². The van der Waals surface area contributed by atoms with E-state index >= 15 is 0 Å². The fraction of sp³-hybridized carbons (Fsp3) is 0.125. The van der Waals surface area contributed by atoms with Crippen molar-refractivity contribution in [3.8, 4) is 0 Å². The summed E-state index contributed by atoms with van der Waals surface area (Å²) in [5.41, 5.74) is 2.38.